The molecule has 5 rings (SSSR count). The Balaban J connectivity index is 0.00000423. The average molecular weight is 620 g/mol. The second-order valence-electron chi connectivity index (χ2n) is 9.74. The molecule has 1 aliphatic heterocycles. The summed E-state index contributed by atoms with van der Waals surface area (Å²) in [4.78, 5) is 69.9. The second kappa shape index (κ2) is 12.5. The number of aryl methyl sites for hydroxylation is 2. The first kappa shape index (κ1) is 32.3. The second-order valence-corrected chi connectivity index (χ2v) is 11.0. The van der Waals surface area contributed by atoms with Crippen LogP contribution >= 0.6 is 7.82 Å². The molecule has 0 saturated carbocycles. The molecule has 0 spiro atoms. The number of hydrogen-bond acceptors (Lipinski definition) is 7. The first-order valence-corrected chi connectivity index (χ1v) is 14.3. The fourth-order valence-corrected chi connectivity index (χ4v) is 5.49. The zero-order valence-corrected chi connectivity index (χ0v) is 23.4. The van der Waals surface area contributed by atoms with Crippen molar-refractivity contribution < 1.29 is 38.2 Å². The molecule has 0 unspecified atom stereocenters. The Hall–Kier alpha value is -3.62. The quantitative estimate of drug-likeness (QED) is 0.0633. The number of fused-ring (bicyclic) bond motifs is 2. The van der Waals surface area contributed by atoms with Gasteiger partial charge in [0.2, 0.25) is 0 Å². The van der Waals surface area contributed by atoms with Crippen LogP contribution in [0, 0.1) is 10.1 Å². The number of phosphoric acid groups is 1. The Morgan fingerprint density at radius 2 is 1.53 bits per heavy atom. The molecule has 220 valence electrons. The third-order valence-electron chi connectivity index (χ3n) is 7.01. The fourth-order valence-electron chi connectivity index (χ4n) is 5.12. The van der Waals surface area contributed by atoms with E-state index in [1.54, 1.807) is 37.1 Å². The van der Waals surface area contributed by atoms with Gasteiger partial charge in [0.1, 0.15) is 0 Å². The summed E-state index contributed by atoms with van der Waals surface area (Å²) in [7, 11) is -1.15. The molecule has 0 saturated heterocycles. The van der Waals surface area contributed by atoms with E-state index in [1.807, 2.05) is 22.8 Å². The summed E-state index contributed by atoms with van der Waals surface area (Å²) in [6.07, 6.45) is 3.78. The number of nitro groups is 1. The molecule has 1 aliphatic rings. The topological polar surface area (TPSA) is 186 Å². The number of rotatable bonds is 9. The molecule has 2 aromatic carbocycles. The van der Waals surface area contributed by atoms with E-state index in [-0.39, 0.29) is 72.4 Å². The summed E-state index contributed by atoms with van der Waals surface area (Å²) in [5.74, 6) is -1.68. The molecule has 43 heavy (non-hydrogen) atoms. The van der Waals surface area contributed by atoms with Crippen LogP contribution in [-0.2, 0) is 32.8 Å². The Bertz CT molecular complexity index is 1870. The van der Waals surface area contributed by atoms with Gasteiger partial charge in [-0.25, -0.2) is 9.36 Å². The van der Waals surface area contributed by atoms with Crippen LogP contribution in [0.15, 0.2) is 54.9 Å². The molecule has 4 amide bonds. The van der Waals surface area contributed by atoms with Crippen LogP contribution in [0.1, 0.15) is 24.0 Å². The fraction of sp³-hybridized carbons (Fsp3) is 0.222. The molecule has 0 fully saturated rings. The van der Waals surface area contributed by atoms with E-state index in [9.17, 15) is 29.1 Å². The zero-order chi connectivity index (χ0) is 30.3. The number of nitro benzene ring substituents is 1. The summed E-state index contributed by atoms with van der Waals surface area (Å²) >= 11 is 0. The molecular formula is C27H27N5NaO9P. The third-order valence-corrected chi connectivity index (χ3v) is 7.53. The van der Waals surface area contributed by atoms with Gasteiger partial charge in [-0.3, -0.25) is 24.2 Å². The van der Waals surface area contributed by atoms with Crippen LogP contribution in [0.4, 0.5) is 10.5 Å². The van der Waals surface area contributed by atoms with Crippen LogP contribution in [0.25, 0.3) is 33.0 Å². The first-order valence-electron chi connectivity index (χ1n) is 12.8. The van der Waals surface area contributed by atoms with Crippen LogP contribution in [0.2, 0.25) is 0 Å². The predicted octanol–water partition coefficient (Wildman–Crippen LogP) is 2.81. The van der Waals surface area contributed by atoms with Gasteiger partial charge in [0.15, 0.2) is 0 Å². The third kappa shape index (κ3) is 6.22. The van der Waals surface area contributed by atoms with Crippen molar-refractivity contribution >= 4 is 93.9 Å². The average Bonchev–Trinajstić information content (AvgIpc) is 3.53. The zero-order valence-electron chi connectivity index (χ0n) is 22.5. The number of imide groups is 3. The number of nitrogens with one attached hydrogen (secondary N) is 1. The van der Waals surface area contributed by atoms with E-state index >= 15 is 0 Å². The van der Waals surface area contributed by atoms with Gasteiger partial charge in [0.25, 0.3) is 17.5 Å². The number of urea groups is 1. The maximum atomic E-state index is 13.9. The maximum absolute atomic E-state index is 13.9. The van der Waals surface area contributed by atoms with E-state index in [2.05, 4.69) is 9.84 Å². The molecule has 0 radical (unpaired) electrons. The molecule has 0 bridgehead atoms. The number of nitrogens with zero attached hydrogens (tertiary/aromatic N) is 4. The van der Waals surface area contributed by atoms with E-state index in [1.165, 1.54) is 18.2 Å². The molecule has 0 atom stereocenters. The first-order chi connectivity index (χ1) is 19.9. The number of benzene rings is 2. The molecule has 3 heterocycles. The van der Waals surface area contributed by atoms with Gasteiger partial charge in [0.05, 0.1) is 28.2 Å². The summed E-state index contributed by atoms with van der Waals surface area (Å²) in [5, 5.41) is 15.1. The number of carbonyl (C=O) groups is 3. The minimum absolute atomic E-state index is 0. The SMILES string of the molecule is Cn1cc(C2=C(c3cn(C)c4cc([N+](=O)[O-])ccc34)C(=O)N(C(=O)NCCCCOP(=O)(O)O)C2=O)c2ccccc21.[NaH]. The van der Waals surface area contributed by atoms with Crippen LogP contribution in [0.5, 0.6) is 0 Å². The van der Waals surface area contributed by atoms with Gasteiger partial charge >= 0.3 is 43.4 Å². The number of non-ortho nitro benzene ring substituents is 1. The number of unbranched alkanes of at least 4 members (excludes halogenated alkanes) is 1. The van der Waals surface area contributed by atoms with Crippen LogP contribution in [0.3, 0.4) is 0 Å². The van der Waals surface area contributed by atoms with Crippen LogP contribution < -0.4 is 5.32 Å². The number of aromatic nitrogens is 2. The van der Waals surface area contributed by atoms with Crippen LogP contribution in [-0.4, -0.2) is 89.3 Å². The number of phosphoric ester groups is 1. The Morgan fingerprint density at radius 1 is 0.953 bits per heavy atom. The van der Waals surface area contributed by atoms with Crippen molar-refractivity contribution in [3.8, 4) is 0 Å². The Kier molecular flexibility index (Phi) is 9.42. The van der Waals surface area contributed by atoms with Gasteiger partial charge in [-0.1, -0.05) is 18.2 Å². The van der Waals surface area contributed by atoms with Gasteiger partial charge in [-0.2, -0.15) is 4.90 Å². The van der Waals surface area contributed by atoms with E-state index in [4.69, 9.17) is 9.79 Å². The van der Waals surface area contributed by atoms with E-state index < -0.39 is 30.6 Å². The van der Waals surface area contributed by atoms with Crippen molar-refractivity contribution in [3.05, 3.63) is 76.1 Å². The summed E-state index contributed by atoms with van der Waals surface area (Å²) in [6, 6.07) is 10.5. The number of hydrogen-bond donors (Lipinski definition) is 3. The Labute approximate surface area is 266 Å². The predicted molar refractivity (Wildman–Crippen MR) is 159 cm³/mol. The summed E-state index contributed by atoms with van der Waals surface area (Å²) in [6.45, 7) is -0.227. The molecule has 4 aromatic rings. The molecule has 16 heteroatoms. The molecular weight excluding hydrogens is 592 g/mol. The van der Waals surface area contributed by atoms with Gasteiger partial charge < -0.3 is 24.2 Å². The normalized spacial score (nSPS) is 13.7. The van der Waals surface area contributed by atoms with Crippen molar-refractivity contribution in [2.75, 3.05) is 13.2 Å². The molecule has 2 aromatic heterocycles. The van der Waals surface area contributed by atoms with Gasteiger partial charge in [-0.05, 0) is 25.0 Å². The van der Waals surface area contributed by atoms with E-state index in [0.717, 1.165) is 5.52 Å². The van der Waals surface area contributed by atoms with Gasteiger partial charge in [0, 0.05) is 72.6 Å². The van der Waals surface area contributed by atoms with Crippen molar-refractivity contribution in [1.82, 2.24) is 19.4 Å². The van der Waals surface area contributed by atoms with Crippen molar-refractivity contribution in [3.63, 3.8) is 0 Å². The number of para-hydroxylation sites is 1. The van der Waals surface area contributed by atoms with Gasteiger partial charge in [-0.15, -0.1) is 0 Å². The van der Waals surface area contributed by atoms with E-state index in [0.29, 0.717) is 32.3 Å². The Morgan fingerprint density at radius 3 is 2.14 bits per heavy atom. The van der Waals surface area contributed by atoms with Crippen molar-refractivity contribution in [2.24, 2.45) is 14.1 Å². The number of carbonyl (C=O) groups excluding carboxylic acids is 3. The standard InChI is InChI=1S/C27H26N5O9P.Na.H/c1-29-14-19(17-7-3-4-8-21(17)29)23-24(20-15-30(2)22-13-16(32(36)37)9-10-18(20)22)26(34)31(25(23)33)27(35)28-11-5-6-12-41-42(38,39)40;;/h3-4,7-10,13-15H,5-6,11-12H2,1-2H3,(H,28,35)(H2,38,39,40);;. The number of amides is 4. The molecule has 0 aliphatic carbocycles. The summed E-state index contributed by atoms with van der Waals surface area (Å²) in [5.41, 5.74) is 1.92. The van der Waals surface area contributed by atoms with Crippen molar-refractivity contribution in [2.45, 2.75) is 12.8 Å². The monoisotopic (exact) mass is 619 g/mol. The minimum atomic E-state index is -4.61. The summed E-state index contributed by atoms with van der Waals surface area (Å²) < 4.78 is 18.6. The molecule has 14 nitrogen and oxygen atoms in total. The molecule has 3 N–H and O–H groups in total. The van der Waals surface area contributed by atoms with Crippen molar-refractivity contribution in [1.29, 1.82) is 0 Å².